The zero-order valence-electron chi connectivity index (χ0n) is 15.6. The van der Waals surface area contributed by atoms with Crippen molar-refractivity contribution in [3.05, 3.63) is 46.3 Å². The molecule has 0 bridgehead atoms. The highest BCUT2D eigenvalue weighted by Crippen LogP contribution is 2.34. The summed E-state index contributed by atoms with van der Waals surface area (Å²) in [6.07, 6.45) is -3.05. The van der Waals surface area contributed by atoms with Crippen LogP contribution in [0.2, 0.25) is 0 Å². The van der Waals surface area contributed by atoms with Gasteiger partial charge in [-0.25, -0.2) is 4.79 Å². The molecule has 1 amide bonds. The Balaban J connectivity index is 1.84. The first-order valence-electron chi connectivity index (χ1n) is 8.84. The van der Waals surface area contributed by atoms with E-state index in [0.717, 1.165) is 5.56 Å². The fraction of sp³-hybridized carbons (Fsp3) is 0.611. The van der Waals surface area contributed by atoms with E-state index in [-0.39, 0.29) is 13.2 Å². The van der Waals surface area contributed by atoms with Crippen LogP contribution in [-0.4, -0.2) is 59.1 Å². The highest BCUT2D eigenvalue weighted by atomic mass is 16.7. The number of amides is 1. The first kappa shape index (κ1) is 19.4. The number of ether oxygens (including phenoxy) is 3. The Morgan fingerprint density at radius 3 is 2.70 bits per heavy atom. The van der Waals surface area contributed by atoms with Gasteiger partial charge in [0.15, 0.2) is 6.29 Å². The average molecular weight is 376 g/mol. The number of piperidine rings is 1. The normalized spacial score (nSPS) is 30.8. The van der Waals surface area contributed by atoms with E-state index < -0.39 is 42.3 Å². The van der Waals surface area contributed by atoms with E-state index in [4.69, 9.17) is 19.7 Å². The van der Waals surface area contributed by atoms with E-state index >= 15 is 0 Å². The molecule has 2 aliphatic heterocycles. The molecule has 0 radical (unpaired) electrons. The number of aliphatic hydroxyl groups is 1. The number of fused-ring (bicyclic) bond motifs is 1. The lowest BCUT2D eigenvalue weighted by Gasteiger charge is -2.49. The van der Waals surface area contributed by atoms with Crippen molar-refractivity contribution < 1.29 is 24.1 Å². The number of likely N-dealkylation sites (tertiary alicyclic amines) is 1. The topological polar surface area (TPSA) is 117 Å². The van der Waals surface area contributed by atoms with Gasteiger partial charge in [0, 0.05) is 17.0 Å². The zero-order chi connectivity index (χ0) is 19.6. The summed E-state index contributed by atoms with van der Waals surface area (Å²) in [5, 5.41) is 14.3. The van der Waals surface area contributed by atoms with E-state index in [0.29, 0.717) is 0 Å². The molecule has 1 aromatic rings. The molecule has 9 nitrogen and oxygen atoms in total. The van der Waals surface area contributed by atoms with Crippen molar-refractivity contribution in [2.24, 2.45) is 5.11 Å². The van der Waals surface area contributed by atoms with Crippen LogP contribution in [0.4, 0.5) is 4.79 Å². The SMILES string of the molecule is CC(C)(C)OC(=O)N1C[C@H](N=[N+]=[N-])[C@H](O)[C@@H]2O[C@@H](c3ccccc3)OC[C@H]21. The lowest BCUT2D eigenvalue weighted by Crippen LogP contribution is -2.66. The highest BCUT2D eigenvalue weighted by Gasteiger charge is 2.49. The van der Waals surface area contributed by atoms with Gasteiger partial charge in [0.05, 0.1) is 24.8 Å². The number of benzene rings is 1. The summed E-state index contributed by atoms with van der Waals surface area (Å²) in [6, 6.07) is 7.95. The van der Waals surface area contributed by atoms with Gasteiger partial charge in [-0.2, -0.15) is 0 Å². The molecule has 2 fully saturated rings. The van der Waals surface area contributed by atoms with Crippen molar-refractivity contribution in [2.45, 2.75) is 57.0 Å². The Hall–Kier alpha value is -2.32. The number of azide groups is 1. The van der Waals surface area contributed by atoms with Gasteiger partial charge >= 0.3 is 6.09 Å². The summed E-state index contributed by atoms with van der Waals surface area (Å²) < 4.78 is 17.2. The van der Waals surface area contributed by atoms with Crippen molar-refractivity contribution in [3.63, 3.8) is 0 Å². The molecule has 0 unspecified atom stereocenters. The third-order valence-corrected chi connectivity index (χ3v) is 4.49. The third-order valence-electron chi connectivity index (χ3n) is 4.49. The number of hydrogen-bond donors (Lipinski definition) is 1. The zero-order valence-corrected chi connectivity index (χ0v) is 15.6. The lowest BCUT2D eigenvalue weighted by molar-refractivity contribution is -0.273. The maximum absolute atomic E-state index is 12.7. The fourth-order valence-corrected chi connectivity index (χ4v) is 3.28. The monoisotopic (exact) mass is 376 g/mol. The molecular formula is C18H24N4O5. The summed E-state index contributed by atoms with van der Waals surface area (Å²) in [6.45, 7) is 5.51. The van der Waals surface area contributed by atoms with Crippen molar-refractivity contribution in [1.29, 1.82) is 0 Å². The standard InChI is InChI=1S/C18H24N4O5/c1-18(2,3)27-17(24)22-9-12(20-21-19)14(23)15-13(22)10-25-16(26-15)11-7-5-4-6-8-11/h4-8,12-16,23H,9-10H2,1-3H3/t12-,13+,14-,15+,16-/m0/s1. The summed E-state index contributed by atoms with van der Waals surface area (Å²) in [4.78, 5) is 16.9. The molecule has 27 heavy (non-hydrogen) atoms. The molecular weight excluding hydrogens is 352 g/mol. The lowest BCUT2D eigenvalue weighted by atomic mass is 9.92. The molecule has 0 aliphatic carbocycles. The summed E-state index contributed by atoms with van der Waals surface area (Å²) in [7, 11) is 0. The number of nitrogens with zero attached hydrogens (tertiary/aromatic N) is 4. The Bertz CT molecular complexity index is 716. The maximum Gasteiger partial charge on any atom is 0.410 e. The van der Waals surface area contributed by atoms with Crippen LogP contribution in [-0.2, 0) is 14.2 Å². The van der Waals surface area contributed by atoms with Crippen LogP contribution in [0.5, 0.6) is 0 Å². The van der Waals surface area contributed by atoms with E-state index in [1.165, 1.54) is 4.90 Å². The van der Waals surface area contributed by atoms with Gasteiger partial charge in [-0.05, 0) is 26.3 Å². The number of rotatable bonds is 2. The Morgan fingerprint density at radius 2 is 2.07 bits per heavy atom. The van der Waals surface area contributed by atoms with Crippen LogP contribution in [0, 0.1) is 0 Å². The third kappa shape index (κ3) is 4.33. The molecule has 1 aromatic carbocycles. The number of aliphatic hydroxyl groups excluding tert-OH is 1. The van der Waals surface area contributed by atoms with Gasteiger partial charge < -0.3 is 19.3 Å². The van der Waals surface area contributed by atoms with Gasteiger partial charge in [-0.1, -0.05) is 35.4 Å². The fourth-order valence-electron chi connectivity index (χ4n) is 3.28. The molecule has 5 atom stereocenters. The number of hydrogen-bond acceptors (Lipinski definition) is 6. The second-order valence-electron chi connectivity index (χ2n) is 7.64. The van der Waals surface area contributed by atoms with Gasteiger partial charge in [0.2, 0.25) is 0 Å². The summed E-state index contributed by atoms with van der Waals surface area (Å²) in [5.74, 6) is 0. The van der Waals surface area contributed by atoms with E-state index in [1.807, 2.05) is 30.3 Å². The van der Waals surface area contributed by atoms with Crippen molar-refractivity contribution in [1.82, 2.24) is 4.90 Å². The quantitative estimate of drug-likeness (QED) is 0.484. The molecule has 2 aliphatic rings. The van der Waals surface area contributed by atoms with Crippen LogP contribution >= 0.6 is 0 Å². The minimum Gasteiger partial charge on any atom is -0.444 e. The van der Waals surface area contributed by atoms with Gasteiger partial charge in [-0.3, -0.25) is 4.90 Å². The van der Waals surface area contributed by atoms with E-state index in [1.54, 1.807) is 20.8 Å². The molecule has 1 N–H and O–H groups in total. The largest absolute Gasteiger partial charge is 0.444 e. The second kappa shape index (κ2) is 7.74. The van der Waals surface area contributed by atoms with E-state index in [2.05, 4.69) is 10.0 Å². The van der Waals surface area contributed by atoms with Crippen LogP contribution in [0.3, 0.4) is 0 Å². The summed E-state index contributed by atoms with van der Waals surface area (Å²) >= 11 is 0. The van der Waals surface area contributed by atoms with Gasteiger partial charge in [0.25, 0.3) is 0 Å². The second-order valence-corrected chi connectivity index (χ2v) is 7.64. The van der Waals surface area contributed by atoms with Crippen molar-refractivity contribution in [3.8, 4) is 0 Å². The highest BCUT2D eigenvalue weighted by molar-refractivity contribution is 5.69. The van der Waals surface area contributed by atoms with Gasteiger partial charge in [0.1, 0.15) is 11.7 Å². The number of carbonyl (C=O) groups is 1. The molecule has 0 aromatic heterocycles. The van der Waals surface area contributed by atoms with Crippen LogP contribution in [0.1, 0.15) is 32.6 Å². The Kier molecular flexibility index (Phi) is 5.57. The van der Waals surface area contributed by atoms with Gasteiger partial charge in [-0.15, -0.1) is 0 Å². The molecule has 2 saturated heterocycles. The van der Waals surface area contributed by atoms with E-state index in [9.17, 15) is 9.90 Å². The first-order chi connectivity index (χ1) is 12.8. The molecule has 2 heterocycles. The predicted molar refractivity (Wildman–Crippen MR) is 95.7 cm³/mol. The Morgan fingerprint density at radius 1 is 1.37 bits per heavy atom. The van der Waals surface area contributed by atoms with Crippen LogP contribution in [0.25, 0.3) is 10.4 Å². The van der Waals surface area contributed by atoms with Crippen LogP contribution in [0.15, 0.2) is 35.4 Å². The van der Waals surface area contributed by atoms with Crippen LogP contribution < -0.4 is 0 Å². The molecule has 9 heteroatoms. The molecule has 3 rings (SSSR count). The minimum absolute atomic E-state index is 0.0318. The first-order valence-corrected chi connectivity index (χ1v) is 8.84. The Labute approximate surface area is 157 Å². The average Bonchev–Trinajstić information content (AvgIpc) is 2.63. The van der Waals surface area contributed by atoms with Crippen molar-refractivity contribution in [2.75, 3.05) is 13.2 Å². The molecule has 0 saturated carbocycles. The smallest absolute Gasteiger partial charge is 0.410 e. The molecule has 0 spiro atoms. The number of carbonyl (C=O) groups excluding carboxylic acids is 1. The van der Waals surface area contributed by atoms with Crippen molar-refractivity contribution >= 4 is 6.09 Å². The minimum atomic E-state index is -1.06. The molecule has 146 valence electrons. The predicted octanol–water partition coefficient (Wildman–Crippen LogP) is 2.76. The maximum atomic E-state index is 12.7. The summed E-state index contributed by atoms with van der Waals surface area (Å²) in [5.41, 5.74) is 8.94.